The van der Waals surface area contributed by atoms with Gasteiger partial charge in [-0.3, -0.25) is 5.43 Å². The second-order valence-corrected chi connectivity index (χ2v) is 5.65. The van der Waals surface area contributed by atoms with Crippen LogP contribution in [-0.2, 0) is 0 Å². The summed E-state index contributed by atoms with van der Waals surface area (Å²) in [5.41, 5.74) is 3.58. The molecule has 4 N–H and O–H groups in total. The van der Waals surface area contributed by atoms with Gasteiger partial charge >= 0.3 is 0 Å². The molecule has 0 saturated heterocycles. The topological polar surface area (TPSA) is 92.0 Å². The van der Waals surface area contributed by atoms with Crippen molar-refractivity contribution in [2.24, 2.45) is 5.84 Å². The number of nitrogen functional groups attached to an aromatic ring is 1. The minimum Gasteiger partial charge on any atom is -0.348 e. The average molecular weight is 352 g/mol. The maximum atomic E-state index is 5.39. The standard InChI is InChI=1S/C13H18BrN7/c1-8(9-4-6-10(14)7-5-9)16-11-17-12(20-15)19-13(18-11)21(2)3/h4-8H,15H2,1-3H3,(H2,16,17,18,19,20). The molecule has 0 aliphatic heterocycles. The largest absolute Gasteiger partial charge is 0.348 e. The lowest BCUT2D eigenvalue weighted by Gasteiger charge is -2.17. The second-order valence-electron chi connectivity index (χ2n) is 4.74. The van der Waals surface area contributed by atoms with Crippen LogP contribution >= 0.6 is 15.9 Å². The van der Waals surface area contributed by atoms with Gasteiger partial charge in [0.05, 0.1) is 6.04 Å². The summed E-state index contributed by atoms with van der Waals surface area (Å²) >= 11 is 3.42. The minimum atomic E-state index is 0.0566. The molecular weight excluding hydrogens is 334 g/mol. The molecule has 1 aromatic heterocycles. The first kappa shape index (κ1) is 15.5. The SMILES string of the molecule is CC(Nc1nc(NN)nc(N(C)C)n1)c1ccc(Br)cc1. The molecular formula is C13H18BrN7. The Kier molecular flexibility index (Phi) is 4.92. The molecule has 0 spiro atoms. The third kappa shape index (κ3) is 4.02. The highest BCUT2D eigenvalue weighted by molar-refractivity contribution is 9.10. The molecule has 7 nitrogen and oxygen atoms in total. The molecule has 0 bridgehead atoms. The Hall–Kier alpha value is -1.93. The van der Waals surface area contributed by atoms with Crippen LogP contribution in [0.3, 0.4) is 0 Å². The van der Waals surface area contributed by atoms with Gasteiger partial charge in [0.15, 0.2) is 0 Å². The molecule has 0 aliphatic rings. The van der Waals surface area contributed by atoms with E-state index < -0.39 is 0 Å². The molecule has 0 amide bonds. The van der Waals surface area contributed by atoms with Crippen molar-refractivity contribution < 1.29 is 0 Å². The number of rotatable bonds is 5. The molecule has 0 radical (unpaired) electrons. The van der Waals surface area contributed by atoms with Crippen LogP contribution in [0.25, 0.3) is 0 Å². The highest BCUT2D eigenvalue weighted by Gasteiger charge is 2.11. The smallest absolute Gasteiger partial charge is 0.243 e. The van der Waals surface area contributed by atoms with E-state index in [1.54, 1.807) is 4.90 Å². The molecule has 0 fully saturated rings. The number of hydrazine groups is 1. The zero-order valence-corrected chi connectivity index (χ0v) is 13.7. The highest BCUT2D eigenvalue weighted by atomic mass is 79.9. The number of halogens is 1. The number of nitrogens with zero attached hydrogens (tertiary/aromatic N) is 4. The van der Waals surface area contributed by atoms with E-state index in [9.17, 15) is 0 Å². The highest BCUT2D eigenvalue weighted by Crippen LogP contribution is 2.20. The van der Waals surface area contributed by atoms with Gasteiger partial charge in [0.2, 0.25) is 17.8 Å². The summed E-state index contributed by atoms with van der Waals surface area (Å²) < 4.78 is 1.04. The Labute approximate surface area is 132 Å². The Balaban J connectivity index is 2.21. The number of hydrogen-bond acceptors (Lipinski definition) is 7. The van der Waals surface area contributed by atoms with Gasteiger partial charge in [-0.05, 0) is 24.6 Å². The molecule has 1 unspecified atom stereocenters. The molecule has 0 aliphatic carbocycles. The third-order valence-corrected chi connectivity index (χ3v) is 3.40. The quantitative estimate of drug-likeness (QED) is 0.561. The van der Waals surface area contributed by atoms with Gasteiger partial charge in [0, 0.05) is 18.6 Å². The Morgan fingerprint density at radius 2 is 1.71 bits per heavy atom. The van der Waals surface area contributed by atoms with Crippen LogP contribution in [0.15, 0.2) is 28.7 Å². The van der Waals surface area contributed by atoms with Gasteiger partial charge in [-0.25, -0.2) is 5.84 Å². The van der Waals surface area contributed by atoms with E-state index in [1.165, 1.54) is 0 Å². The lowest BCUT2D eigenvalue weighted by atomic mass is 10.1. The average Bonchev–Trinajstić information content (AvgIpc) is 2.47. The van der Waals surface area contributed by atoms with Crippen LogP contribution in [0, 0.1) is 0 Å². The molecule has 21 heavy (non-hydrogen) atoms. The third-order valence-electron chi connectivity index (χ3n) is 2.87. The summed E-state index contributed by atoms with van der Waals surface area (Å²) in [6.45, 7) is 2.04. The van der Waals surface area contributed by atoms with E-state index in [2.05, 4.69) is 41.6 Å². The van der Waals surface area contributed by atoms with Crippen molar-refractivity contribution in [3.8, 4) is 0 Å². The van der Waals surface area contributed by atoms with E-state index in [0.29, 0.717) is 17.8 Å². The normalized spacial score (nSPS) is 11.9. The lowest BCUT2D eigenvalue weighted by molar-refractivity contribution is 0.847. The van der Waals surface area contributed by atoms with Crippen molar-refractivity contribution in [2.75, 3.05) is 29.7 Å². The molecule has 1 heterocycles. The van der Waals surface area contributed by atoms with Gasteiger partial charge in [-0.1, -0.05) is 28.1 Å². The predicted molar refractivity (Wildman–Crippen MR) is 88.1 cm³/mol. The first-order valence-electron chi connectivity index (χ1n) is 6.41. The number of aromatic nitrogens is 3. The van der Waals surface area contributed by atoms with Crippen molar-refractivity contribution >= 4 is 33.8 Å². The van der Waals surface area contributed by atoms with Crippen molar-refractivity contribution in [3.05, 3.63) is 34.3 Å². The van der Waals surface area contributed by atoms with E-state index >= 15 is 0 Å². The second kappa shape index (κ2) is 6.68. The van der Waals surface area contributed by atoms with Crippen molar-refractivity contribution in [2.45, 2.75) is 13.0 Å². The summed E-state index contributed by atoms with van der Waals surface area (Å²) in [7, 11) is 3.72. The fourth-order valence-corrected chi connectivity index (χ4v) is 1.99. The molecule has 2 aromatic rings. The fourth-order valence-electron chi connectivity index (χ4n) is 1.72. The van der Waals surface area contributed by atoms with Gasteiger partial charge in [0.25, 0.3) is 0 Å². The number of anilines is 3. The van der Waals surface area contributed by atoms with E-state index in [4.69, 9.17) is 5.84 Å². The van der Waals surface area contributed by atoms with Crippen LogP contribution in [0.4, 0.5) is 17.8 Å². The molecule has 112 valence electrons. The van der Waals surface area contributed by atoms with Crippen LogP contribution in [0.2, 0.25) is 0 Å². The van der Waals surface area contributed by atoms with E-state index in [1.807, 2.05) is 45.3 Å². The van der Waals surface area contributed by atoms with Crippen LogP contribution in [0.1, 0.15) is 18.5 Å². The van der Waals surface area contributed by atoms with Crippen molar-refractivity contribution in [1.29, 1.82) is 0 Å². The summed E-state index contributed by atoms with van der Waals surface area (Å²) in [6.07, 6.45) is 0. The Morgan fingerprint density at radius 1 is 1.10 bits per heavy atom. The molecule has 0 saturated carbocycles. The van der Waals surface area contributed by atoms with Crippen molar-refractivity contribution in [3.63, 3.8) is 0 Å². The monoisotopic (exact) mass is 351 g/mol. The number of benzene rings is 1. The lowest BCUT2D eigenvalue weighted by Crippen LogP contribution is -2.19. The van der Waals surface area contributed by atoms with Gasteiger partial charge in [-0.2, -0.15) is 15.0 Å². The summed E-state index contributed by atoms with van der Waals surface area (Å²) in [5.74, 6) is 6.71. The Morgan fingerprint density at radius 3 is 2.29 bits per heavy atom. The van der Waals surface area contributed by atoms with Crippen LogP contribution < -0.4 is 21.5 Å². The van der Waals surface area contributed by atoms with E-state index in [0.717, 1.165) is 10.0 Å². The van der Waals surface area contributed by atoms with Gasteiger partial charge in [0.1, 0.15) is 0 Å². The predicted octanol–water partition coefficient (Wildman–Crippen LogP) is 2.16. The summed E-state index contributed by atoms with van der Waals surface area (Å²) in [6, 6.07) is 8.13. The van der Waals surface area contributed by atoms with Crippen LogP contribution in [-0.4, -0.2) is 29.0 Å². The maximum Gasteiger partial charge on any atom is 0.243 e. The molecule has 1 atom stereocenters. The Bertz CT molecular complexity index is 600. The zero-order valence-electron chi connectivity index (χ0n) is 12.1. The van der Waals surface area contributed by atoms with Gasteiger partial charge < -0.3 is 10.2 Å². The first-order valence-corrected chi connectivity index (χ1v) is 7.21. The molecule has 2 rings (SSSR count). The summed E-state index contributed by atoms with van der Waals surface area (Å²) in [4.78, 5) is 14.5. The maximum absolute atomic E-state index is 5.39. The van der Waals surface area contributed by atoms with E-state index in [-0.39, 0.29) is 6.04 Å². The zero-order chi connectivity index (χ0) is 15.4. The number of nitrogens with two attached hydrogens (primary N) is 1. The minimum absolute atomic E-state index is 0.0566. The number of hydrogen-bond donors (Lipinski definition) is 3. The number of nitrogens with one attached hydrogen (secondary N) is 2. The molecule has 8 heteroatoms. The molecule has 1 aromatic carbocycles. The fraction of sp³-hybridized carbons (Fsp3) is 0.308. The van der Waals surface area contributed by atoms with Crippen LogP contribution in [0.5, 0.6) is 0 Å². The summed E-state index contributed by atoms with van der Waals surface area (Å²) in [5, 5.41) is 3.25. The first-order chi connectivity index (χ1) is 9.99. The van der Waals surface area contributed by atoms with Crippen molar-refractivity contribution in [1.82, 2.24) is 15.0 Å². The van der Waals surface area contributed by atoms with Gasteiger partial charge in [-0.15, -0.1) is 0 Å².